The van der Waals surface area contributed by atoms with Gasteiger partial charge in [-0.05, 0) is 37.1 Å². The van der Waals surface area contributed by atoms with Crippen LogP contribution in [0.5, 0.6) is 11.6 Å². The van der Waals surface area contributed by atoms with Gasteiger partial charge in [-0.1, -0.05) is 18.2 Å². The van der Waals surface area contributed by atoms with Crippen LogP contribution in [-0.4, -0.2) is 48.8 Å². The highest BCUT2D eigenvalue weighted by Gasteiger charge is 2.24. The molecule has 1 aromatic carbocycles. The largest absolute Gasteiger partial charge is 0.497 e. The number of hydrogen-bond acceptors (Lipinski definition) is 4. The summed E-state index contributed by atoms with van der Waals surface area (Å²) in [7, 11) is 1.65. The van der Waals surface area contributed by atoms with E-state index < -0.39 is 0 Å². The number of methoxy groups -OCH3 is 1. The number of piperidine rings is 1. The topological polar surface area (TPSA) is 63.7 Å². The average molecular weight is 369 g/mol. The van der Waals surface area contributed by atoms with Gasteiger partial charge in [0.1, 0.15) is 11.9 Å². The van der Waals surface area contributed by atoms with Crippen molar-refractivity contribution < 1.29 is 14.3 Å². The number of benzene rings is 1. The van der Waals surface area contributed by atoms with Crippen molar-refractivity contribution in [3.05, 3.63) is 53.7 Å². The SMILES string of the molecule is COc1ccc(CCNC(=O)N2CCC(Oc3cccc(C)n3)CC2)cc1. The molecule has 0 radical (unpaired) electrons. The summed E-state index contributed by atoms with van der Waals surface area (Å²) in [5, 5.41) is 3.00. The van der Waals surface area contributed by atoms with Gasteiger partial charge in [0, 0.05) is 44.2 Å². The number of pyridine rings is 1. The number of aryl methyl sites for hydroxylation is 1. The predicted octanol–water partition coefficient (Wildman–Crippen LogP) is 3.19. The van der Waals surface area contributed by atoms with E-state index in [1.54, 1.807) is 7.11 Å². The van der Waals surface area contributed by atoms with E-state index in [0.717, 1.165) is 30.7 Å². The summed E-state index contributed by atoms with van der Waals surface area (Å²) in [4.78, 5) is 18.6. The predicted molar refractivity (Wildman–Crippen MR) is 104 cm³/mol. The first kappa shape index (κ1) is 19.0. The van der Waals surface area contributed by atoms with Crippen molar-refractivity contribution in [2.75, 3.05) is 26.7 Å². The smallest absolute Gasteiger partial charge is 0.317 e. The zero-order chi connectivity index (χ0) is 19.1. The molecular weight excluding hydrogens is 342 g/mol. The second-order valence-corrected chi connectivity index (χ2v) is 6.75. The normalized spacial score (nSPS) is 14.7. The van der Waals surface area contributed by atoms with Crippen molar-refractivity contribution in [3.8, 4) is 11.6 Å². The van der Waals surface area contributed by atoms with Crippen LogP contribution in [0, 0.1) is 6.92 Å². The molecular formula is C21H27N3O3. The van der Waals surface area contributed by atoms with Crippen LogP contribution in [0.2, 0.25) is 0 Å². The van der Waals surface area contributed by atoms with Crippen LogP contribution < -0.4 is 14.8 Å². The summed E-state index contributed by atoms with van der Waals surface area (Å²) >= 11 is 0. The van der Waals surface area contributed by atoms with E-state index >= 15 is 0 Å². The lowest BCUT2D eigenvalue weighted by Crippen LogP contribution is -2.46. The molecule has 1 aliphatic rings. The summed E-state index contributed by atoms with van der Waals surface area (Å²) in [6, 6.07) is 13.7. The lowest BCUT2D eigenvalue weighted by atomic mass is 10.1. The molecule has 1 fully saturated rings. The maximum absolute atomic E-state index is 12.3. The van der Waals surface area contributed by atoms with Gasteiger partial charge in [-0.25, -0.2) is 9.78 Å². The number of carbonyl (C=O) groups excluding carboxylic acids is 1. The van der Waals surface area contributed by atoms with Gasteiger partial charge in [0.05, 0.1) is 7.11 Å². The summed E-state index contributed by atoms with van der Waals surface area (Å²) < 4.78 is 11.1. The van der Waals surface area contributed by atoms with Crippen molar-refractivity contribution in [1.82, 2.24) is 15.2 Å². The van der Waals surface area contributed by atoms with Crippen LogP contribution >= 0.6 is 0 Å². The zero-order valence-electron chi connectivity index (χ0n) is 16.0. The van der Waals surface area contributed by atoms with Crippen molar-refractivity contribution in [2.24, 2.45) is 0 Å². The Bertz CT molecular complexity index is 741. The number of amides is 2. The molecule has 27 heavy (non-hydrogen) atoms. The Labute approximate surface area is 160 Å². The first-order valence-corrected chi connectivity index (χ1v) is 9.40. The fourth-order valence-electron chi connectivity index (χ4n) is 3.15. The Morgan fingerprint density at radius 1 is 1.19 bits per heavy atom. The molecule has 0 spiro atoms. The number of urea groups is 1. The third-order valence-electron chi connectivity index (χ3n) is 4.73. The lowest BCUT2D eigenvalue weighted by Gasteiger charge is -2.32. The molecule has 3 rings (SSSR count). The molecule has 1 saturated heterocycles. The van der Waals surface area contributed by atoms with E-state index in [9.17, 15) is 4.79 Å². The Kier molecular flexibility index (Phi) is 6.52. The van der Waals surface area contributed by atoms with Gasteiger partial charge in [0.15, 0.2) is 0 Å². The van der Waals surface area contributed by atoms with Crippen LogP contribution in [0.3, 0.4) is 0 Å². The molecule has 0 bridgehead atoms. The van der Waals surface area contributed by atoms with E-state index in [1.165, 1.54) is 5.56 Å². The number of nitrogens with zero attached hydrogens (tertiary/aromatic N) is 2. The number of carbonyl (C=O) groups is 1. The van der Waals surface area contributed by atoms with Gasteiger partial charge in [-0.3, -0.25) is 0 Å². The van der Waals surface area contributed by atoms with Crippen molar-refractivity contribution in [1.29, 1.82) is 0 Å². The summed E-state index contributed by atoms with van der Waals surface area (Å²) in [5.74, 6) is 1.51. The molecule has 2 heterocycles. The minimum Gasteiger partial charge on any atom is -0.497 e. The number of likely N-dealkylation sites (tertiary alicyclic amines) is 1. The van der Waals surface area contributed by atoms with E-state index in [-0.39, 0.29) is 12.1 Å². The van der Waals surface area contributed by atoms with E-state index in [2.05, 4.69) is 10.3 Å². The Hall–Kier alpha value is -2.76. The maximum Gasteiger partial charge on any atom is 0.317 e. The Morgan fingerprint density at radius 2 is 1.93 bits per heavy atom. The van der Waals surface area contributed by atoms with Crippen LogP contribution in [-0.2, 0) is 6.42 Å². The Morgan fingerprint density at radius 3 is 2.59 bits per heavy atom. The van der Waals surface area contributed by atoms with Gasteiger partial charge in [0.2, 0.25) is 5.88 Å². The molecule has 0 saturated carbocycles. The molecule has 1 aliphatic heterocycles. The Balaban J connectivity index is 1.37. The monoisotopic (exact) mass is 369 g/mol. The van der Waals surface area contributed by atoms with Crippen molar-refractivity contribution >= 4 is 6.03 Å². The number of rotatable bonds is 6. The molecule has 2 aromatic rings. The molecule has 1 N–H and O–H groups in total. The molecule has 0 atom stereocenters. The van der Waals surface area contributed by atoms with Gasteiger partial charge < -0.3 is 19.7 Å². The van der Waals surface area contributed by atoms with Gasteiger partial charge >= 0.3 is 6.03 Å². The summed E-state index contributed by atoms with van der Waals surface area (Å²) in [5.41, 5.74) is 2.12. The third-order valence-corrected chi connectivity index (χ3v) is 4.73. The highest BCUT2D eigenvalue weighted by atomic mass is 16.5. The molecule has 6 heteroatoms. The molecule has 2 amide bonds. The maximum atomic E-state index is 12.3. The number of ether oxygens (including phenoxy) is 2. The quantitative estimate of drug-likeness (QED) is 0.849. The fraction of sp³-hybridized carbons (Fsp3) is 0.429. The first-order chi connectivity index (χ1) is 13.1. The average Bonchev–Trinajstić information content (AvgIpc) is 2.69. The summed E-state index contributed by atoms with van der Waals surface area (Å²) in [6.45, 7) is 3.97. The first-order valence-electron chi connectivity index (χ1n) is 9.40. The van der Waals surface area contributed by atoms with Crippen LogP contribution in [0.1, 0.15) is 24.1 Å². The number of aromatic nitrogens is 1. The van der Waals surface area contributed by atoms with E-state index in [1.807, 2.05) is 54.3 Å². The van der Waals surface area contributed by atoms with Gasteiger partial charge in [-0.2, -0.15) is 0 Å². The number of hydrogen-bond donors (Lipinski definition) is 1. The molecule has 0 unspecified atom stereocenters. The van der Waals surface area contributed by atoms with E-state index in [0.29, 0.717) is 25.5 Å². The van der Waals surface area contributed by atoms with Crippen LogP contribution in [0.4, 0.5) is 4.79 Å². The van der Waals surface area contributed by atoms with Gasteiger partial charge in [-0.15, -0.1) is 0 Å². The minimum absolute atomic E-state index is 0.00403. The van der Waals surface area contributed by atoms with E-state index in [4.69, 9.17) is 9.47 Å². The highest BCUT2D eigenvalue weighted by molar-refractivity contribution is 5.74. The zero-order valence-corrected chi connectivity index (χ0v) is 16.0. The van der Waals surface area contributed by atoms with Crippen molar-refractivity contribution in [2.45, 2.75) is 32.3 Å². The van der Waals surface area contributed by atoms with Crippen LogP contribution in [0.15, 0.2) is 42.5 Å². The fourth-order valence-corrected chi connectivity index (χ4v) is 3.15. The third kappa shape index (κ3) is 5.61. The standard InChI is InChI=1S/C21H27N3O3/c1-16-4-3-5-20(23-16)27-19-11-14-24(15-12-19)21(25)22-13-10-17-6-8-18(26-2)9-7-17/h3-9,19H,10-15H2,1-2H3,(H,22,25). The summed E-state index contributed by atoms with van der Waals surface area (Å²) in [6.07, 6.45) is 2.56. The number of nitrogens with one attached hydrogen (secondary N) is 1. The van der Waals surface area contributed by atoms with Crippen LogP contribution in [0.25, 0.3) is 0 Å². The lowest BCUT2D eigenvalue weighted by molar-refractivity contribution is 0.107. The van der Waals surface area contributed by atoms with Crippen molar-refractivity contribution in [3.63, 3.8) is 0 Å². The second-order valence-electron chi connectivity index (χ2n) is 6.75. The highest BCUT2D eigenvalue weighted by Crippen LogP contribution is 2.17. The minimum atomic E-state index is -0.00403. The van der Waals surface area contributed by atoms with Gasteiger partial charge in [0.25, 0.3) is 0 Å². The second kappa shape index (κ2) is 9.26. The molecule has 0 aliphatic carbocycles. The molecule has 6 nitrogen and oxygen atoms in total. The molecule has 144 valence electrons. The molecule has 1 aromatic heterocycles.